The fourth-order valence-electron chi connectivity index (χ4n) is 2.01. The van der Waals surface area contributed by atoms with Gasteiger partial charge in [0, 0.05) is 24.1 Å². The predicted octanol–water partition coefficient (Wildman–Crippen LogP) is 2.01. The largest absolute Gasteiger partial charge is 0.321 e. The molecule has 1 aromatic rings. The molecular formula is C10H14BrN3. The zero-order chi connectivity index (χ0) is 9.92. The number of hydrogen-bond donors (Lipinski definition) is 1. The van der Waals surface area contributed by atoms with E-state index >= 15 is 0 Å². The van der Waals surface area contributed by atoms with Gasteiger partial charge in [0.25, 0.3) is 0 Å². The fourth-order valence-corrected chi connectivity index (χ4v) is 2.69. The van der Waals surface area contributed by atoms with E-state index in [-0.39, 0.29) is 5.54 Å². The lowest BCUT2D eigenvalue weighted by Gasteiger charge is -2.09. The molecule has 4 heteroatoms. The lowest BCUT2D eigenvalue weighted by molar-refractivity contribution is 0.716. The van der Waals surface area contributed by atoms with Gasteiger partial charge >= 0.3 is 0 Å². The highest BCUT2D eigenvalue weighted by Gasteiger charge is 2.47. The molecule has 3 nitrogen and oxygen atoms in total. The van der Waals surface area contributed by atoms with Crippen LogP contribution >= 0.6 is 15.9 Å². The van der Waals surface area contributed by atoms with Gasteiger partial charge in [0.05, 0.1) is 5.69 Å². The topological polar surface area (TPSA) is 43.8 Å². The first-order valence-electron chi connectivity index (χ1n) is 5.13. The Morgan fingerprint density at radius 1 is 1.50 bits per heavy atom. The lowest BCUT2D eigenvalue weighted by atomic mass is 10.0. The molecule has 0 saturated heterocycles. The van der Waals surface area contributed by atoms with Crippen molar-refractivity contribution in [2.24, 2.45) is 12.8 Å². The second kappa shape index (κ2) is 2.61. The molecule has 0 unspecified atom stereocenters. The third-order valence-electron chi connectivity index (χ3n) is 3.25. The summed E-state index contributed by atoms with van der Waals surface area (Å²) >= 11 is 3.59. The molecule has 0 radical (unpaired) electrons. The van der Waals surface area contributed by atoms with E-state index < -0.39 is 0 Å². The summed E-state index contributed by atoms with van der Waals surface area (Å²) < 4.78 is 3.00. The van der Waals surface area contributed by atoms with Crippen molar-refractivity contribution in [3.8, 4) is 0 Å². The first-order chi connectivity index (χ1) is 6.62. The molecule has 14 heavy (non-hydrogen) atoms. The quantitative estimate of drug-likeness (QED) is 0.879. The van der Waals surface area contributed by atoms with Crippen LogP contribution < -0.4 is 5.73 Å². The second-order valence-electron chi connectivity index (χ2n) is 4.61. The van der Waals surface area contributed by atoms with Crippen LogP contribution in [0.1, 0.15) is 42.9 Å². The zero-order valence-corrected chi connectivity index (χ0v) is 9.84. The van der Waals surface area contributed by atoms with Gasteiger partial charge in [0.15, 0.2) is 0 Å². The summed E-state index contributed by atoms with van der Waals surface area (Å²) in [5.41, 5.74) is 8.73. The van der Waals surface area contributed by atoms with Crippen LogP contribution in [0.25, 0.3) is 0 Å². The maximum atomic E-state index is 6.27. The minimum atomic E-state index is -0.0645. The van der Waals surface area contributed by atoms with Gasteiger partial charge < -0.3 is 5.73 Å². The minimum absolute atomic E-state index is 0.0645. The molecule has 0 amide bonds. The highest BCUT2D eigenvalue weighted by atomic mass is 79.9. The third-order valence-corrected chi connectivity index (χ3v) is 4.16. The molecule has 2 aliphatic rings. The standard InChI is InChI=1S/C10H14BrN3/c1-14-9(11)7(10(12)4-5-10)8(13-14)6-2-3-6/h6H,2-5,12H2,1H3. The van der Waals surface area contributed by atoms with Crippen molar-refractivity contribution in [2.45, 2.75) is 37.1 Å². The molecule has 76 valence electrons. The first kappa shape index (κ1) is 8.92. The normalized spacial score (nSPS) is 23.9. The van der Waals surface area contributed by atoms with Crippen molar-refractivity contribution < 1.29 is 0 Å². The molecule has 0 spiro atoms. The Labute approximate surface area is 91.8 Å². The van der Waals surface area contributed by atoms with Crippen LogP contribution in [-0.2, 0) is 12.6 Å². The van der Waals surface area contributed by atoms with E-state index in [1.54, 1.807) is 0 Å². The Balaban J connectivity index is 2.14. The number of aryl methyl sites for hydroxylation is 1. The average molecular weight is 256 g/mol. The first-order valence-corrected chi connectivity index (χ1v) is 5.93. The van der Waals surface area contributed by atoms with Crippen LogP contribution in [0.4, 0.5) is 0 Å². The van der Waals surface area contributed by atoms with Gasteiger partial charge in [-0.1, -0.05) is 0 Å². The molecule has 2 N–H and O–H groups in total. The molecule has 0 atom stereocenters. The molecule has 2 aliphatic carbocycles. The number of nitrogens with zero attached hydrogens (tertiary/aromatic N) is 2. The van der Waals surface area contributed by atoms with Gasteiger partial charge in [-0.05, 0) is 41.6 Å². The number of aromatic nitrogens is 2. The Morgan fingerprint density at radius 2 is 2.14 bits per heavy atom. The van der Waals surface area contributed by atoms with Crippen LogP contribution in [0.2, 0.25) is 0 Å². The van der Waals surface area contributed by atoms with E-state index in [4.69, 9.17) is 5.73 Å². The highest BCUT2D eigenvalue weighted by Crippen LogP contribution is 2.52. The van der Waals surface area contributed by atoms with Gasteiger partial charge in [0.1, 0.15) is 4.60 Å². The molecule has 1 heterocycles. The molecule has 3 rings (SSSR count). The van der Waals surface area contributed by atoms with Crippen molar-refractivity contribution in [3.63, 3.8) is 0 Å². The minimum Gasteiger partial charge on any atom is -0.321 e. The summed E-state index contributed by atoms with van der Waals surface area (Å²) in [7, 11) is 1.98. The van der Waals surface area contributed by atoms with Gasteiger partial charge in [-0.25, -0.2) is 0 Å². The number of rotatable bonds is 2. The van der Waals surface area contributed by atoms with E-state index in [0.717, 1.165) is 17.4 Å². The van der Waals surface area contributed by atoms with Gasteiger partial charge in [-0.2, -0.15) is 5.10 Å². The summed E-state index contributed by atoms with van der Waals surface area (Å²) in [6.07, 6.45) is 4.78. The maximum absolute atomic E-state index is 6.27. The van der Waals surface area contributed by atoms with Gasteiger partial charge in [-0.3, -0.25) is 4.68 Å². The van der Waals surface area contributed by atoms with Crippen molar-refractivity contribution in [1.82, 2.24) is 9.78 Å². The molecule has 1 aromatic heterocycles. The Bertz CT molecular complexity index is 388. The lowest BCUT2D eigenvalue weighted by Crippen LogP contribution is -2.20. The second-order valence-corrected chi connectivity index (χ2v) is 5.36. The van der Waals surface area contributed by atoms with Crippen LogP contribution in [0.15, 0.2) is 4.60 Å². The molecule has 0 bridgehead atoms. The van der Waals surface area contributed by atoms with E-state index in [9.17, 15) is 0 Å². The fraction of sp³-hybridized carbons (Fsp3) is 0.700. The third kappa shape index (κ3) is 1.17. The summed E-state index contributed by atoms with van der Waals surface area (Å²) in [6, 6.07) is 0. The van der Waals surface area contributed by atoms with Crippen molar-refractivity contribution >= 4 is 15.9 Å². The molecule has 0 aliphatic heterocycles. The van der Waals surface area contributed by atoms with Crippen molar-refractivity contribution in [3.05, 3.63) is 15.9 Å². The van der Waals surface area contributed by atoms with E-state index in [2.05, 4.69) is 21.0 Å². The maximum Gasteiger partial charge on any atom is 0.109 e. The number of nitrogens with two attached hydrogens (primary N) is 1. The highest BCUT2D eigenvalue weighted by molar-refractivity contribution is 9.10. The van der Waals surface area contributed by atoms with Gasteiger partial charge in [-0.15, -0.1) is 0 Å². The summed E-state index contributed by atoms with van der Waals surface area (Å²) in [5, 5.41) is 4.57. The average Bonchev–Trinajstić information content (AvgIpc) is 2.99. The Hall–Kier alpha value is -0.350. The molecule has 0 aromatic carbocycles. The van der Waals surface area contributed by atoms with Crippen LogP contribution in [0.5, 0.6) is 0 Å². The van der Waals surface area contributed by atoms with Crippen LogP contribution in [0.3, 0.4) is 0 Å². The van der Waals surface area contributed by atoms with E-state index in [1.165, 1.54) is 24.1 Å². The number of hydrogen-bond acceptors (Lipinski definition) is 2. The van der Waals surface area contributed by atoms with Crippen molar-refractivity contribution in [2.75, 3.05) is 0 Å². The summed E-state index contributed by atoms with van der Waals surface area (Å²) in [5.74, 6) is 0.684. The summed E-state index contributed by atoms with van der Waals surface area (Å²) in [4.78, 5) is 0. The Morgan fingerprint density at radius 3 is 2.64 bits per heavy atom. The summed E-state index contributed by atoms with van der Waals surface area (Å²) in [6.45, 7) is 0. The van der Waals surface area contributed by atoms with E-state index in [1.807, 2.05) is 11.7 Å². The predicted molar refractivity (Wildman–Crippen MR) is 58.0 cm³/mol. The molecule has 2 fully saturated rings. The molecular weight excluding hydrogens is 242 g/mol. The molecule has 2 saturated carbocycles. The van der Waals surface area contributed by atoms with Gasteiger partial charge in [0.2, 0.25) is 0 Å². The zero-order valence-electron chi connectivity index (χ0n) is 8.26. The van der Waals surface area contributed by atoms with Crippen LogP contribution in [0, 0.1) is 0 Å². The monoisotopic (exact) mass is 255 g/mol. The number of halogens is 1. The van der Waals surface area contributed by atoms with E-state index in [0.29, 0.717) is 5.92 Å². The SMILES string of the molecule is Cn1nc(C2CC2)c(C2(N)CC2)c1Br. The smallest absolute Gasteiger partial charge is 0.109 e. The van der Waals surface area contributed by atoms with Crippen LogP contribution in [-0.4, -0.2) is 9.78 Å². The van der Waals surface area contributed by atoms with Crippen molar-refractivity contribution in [1.29, 1.82) is 0 Å². The Kier molecular flexibility index (Phi) is 1.66.